The molecule has 1 atom stereocenters. The minimum Gasteiger partial charge on any atom is -0.548 e. The van der Waals surface area contributed by atoms with Gasteiger partial charge in [0.05, 0.1) is 33.7 Å². The van der Waals surface area contributed by atoms with Gasteiger partial charge < -0.3 is 25.2 Å². The molecule has 0 radical (unpaired) electrons. The fourth-order valence-electron chi connectivity index (χ4n) is 3.18. The maximum absolute atomic E-state index is 9.88. The number of carbonyl (C=O) groups excluding carboxylic acids is 1. The summed E-state index contributed by atoms with van der Waals surface area (Å²) in [5.41, 5.74) is 4.94. The highest BCUT2D eigenvalue weighted by Crippen LogP contribution is 2.13. The highest BCUT2D eigenvalue weighted by molar-refractivity contribution is 5.72. The van der Waals surface area contributed by atoms with E-state index in [-0.39, 0.29) is 12.8 Å². The lowest BCUT2D eigenvalue weighted by Gasteiger charge is -2.23. The van der Waals surface area contributed by atoms with Crippen LogP contribution < -0.4 is 10.8 Å². The van der Waals surface area contributed by atoms with Crippen LogP contribution in [-0.4, -0.2) is 55.3 Å². The van der Waals surface area contributed by atoms with Gasteiger partial charge in [0.1, 0.15) is 0 Å². The first kappa shape index (κ1) is 31.0. The van der Waals surface area contributed by atoms with Crippen molar-refractivity contribution < 1.29 is 24.3 Å². The van der Waals surface area contributed by atoms with Gasteiger partial charge >= 0.3 is 5.97 Å². The Balaban J connectivity index is 0. The molecule has 0 aliphatic heterocycles. The van der Waals surface area contributed by atoms with E-state index in [1.54, 1.807) is 0 Å². The van der Waals surface area contributed by atoms with Crippen LogP contribution in [0, 0.1) is 0 Å². The molecular formula is C24H50N2O4. The molecule has 6 heteroatoms. The van der Waals surface area contributed by atoms with E-state index in [0.717, 1.165) is 4.48 Å². The van der Waals surface area contributed by atoms with Gasteiger partial charge in [0.25, 0.3) is 0 Å². The van der Waals surface area contributed by atoms with Gasteiger partial charge in [0.2, 0.25) is 0 Å². The summed E-state index contributed by atoms with van der Waals surface area (Å²) in [6.45, 7) is 3.63. The van der Waals surface area contributed by atoms with Crippen molar-refractivity contribution in [3.05, 3.63) is 0 Å². The van der Waals surface area contributed by atoms with Gasteiger partial charge in [-0.3, -0.25) is 4.79 Å². The summed E-state index contributed by atoms with van der Waals surface area (Å²) in [6, 6.07) is -1.17. The number of aliphatic carboxylic acids is 2. The van der Waals surface area contributed by atoms with Crippen LogP contribution in [0.2, 0.25) is 0 Å². The van der Waals surface area contributed by atoms with E-state index in [1.165, 1.54) is 96.4 Å². The van der Waals surface area contributed by atoms with Gasteiger partial charge in [-0.25, -0.2) is 0 Å². The molecule has 0 bridgehead atoms. The van der Waals surface area contributed by atoms with Crippen molar-refractivity contribution >= 4 is 11.9 Å². The minimum atomic E-state index is -1.42. The zero-order valence-corrected chi connectivity index (χ0v) is 20.3. The van der Waals surface area contributed by atoms with Crippen LogP contribution in [0.5, 0.6) is 0 Å². The predicted molar refractivity (Wildman–Crippen MR) is 123 cm³/mol. The second-order valence-corrected chi connectivity index (χ2v) is 9.47. The number of unbranched alkanes of at least 4 members (excludes halogenated alkanes) is 13. The Morgan fingerprint density at radius 3 is 1.47 bits per heavy atom. The highest BCUT2D eigenvalue weighted by Gasteiger charge is 2.06. The lowest BCUT2D eigenvalue weighted by Crippen LogP contribution is -2.41. The summed E-state index contributed by atoms with van der Waals surface area (Å²) >= 11 is 0. The molecule has 180 valence electrons. The van der Waals surface area contributed by atoms with Crippen LogP contribution in [0.3, 0.4) is 0 Å². The molecular weight excluding hydrogens is 380 g/mol. The molecule has 0 aromatic carbocycles. The van der Waals surface area contributed by atoms with Gasteiger partial charge in [-0.05, 0) is 19.3 Å². The topological polar surface area (TPSA) is 103 Å². The van der Waals surface area contributed by atoms with E-state index in [2.05, 4.69) is 28.1 Å². The SMILES string of the molecule is CCCCCCCCCCCCCCCC[N+](C)(C)C.N[C@@H](CCC(=O)O)C(=O)[O-]. The van der Waals surface area contributed by atoms with Gasteiger partial charge in [-0.15, -0.1) is 0 Å². The Morgan fingerprint density at radius 2 is 1.17 bits per heavy atom. The summed E-state index contributed by atoms with van der Waals surface area (Å²) < 4.78 is 1.12. The molecule has 0 fully saturated rings. The van der Waals surface area contributed by atoms with Crippen molar-refractivity contribution in [2.24, 2.45) is 5.73 Å². The summed E-state index contributed by atoms with van der Waals surface area (Å²) in [7, 11) is 6.88. The van der Waals surface area contributed by atoms with Crippen molar-refractivity contribution in [1.82, 2.24) is 0 Å². The number of hydrogen-bond acceptors (Lipinski definition) is 4. The molecule has 0 unspecified atom stereocenters. The van der Waals surface area contributed by atoms with Gasteiger partial charge in [-0.1, -0.05) is 84.0 Å². The Bertz CT molecular complexity index is 409. The standard InChI is InChI=1S/C19H42N.C5H9NO4/c1-5-6-7-8-9-10-11-12-13-14-15-16-17-18-19-20(2,3)4;6-3(5(9)10)1-2-4(7)8/h5-19H2,1-4H3;3H,1-2,6H2,(H,7,8)(H,9,10)/q+1;/p-1/t;3-/m.0/s1. The minimum absolute atomic E-state index is 0.0856. The normalized spacial score (nSPS) is 12.2. The zero-order chi connectivity index (χ0) is 23.3. The van der Waals surface area contributed by atoms with Crippen LogP contribution in [0.1, 0.15) is 110 Å². The molecule has 0 aromatic rings. The molecule has 3 N–H and O–H groups in total. The number of carboxylic acid groups (broad SMARTS) is 2. The Labute approximate surface area is 185 Å². The third-order valence-corrected chi connectivity index (χ3v) is 5.15. The molecule has 0 heterocycles. The number of hydrogen-bond donors (Lipinski definition) is 2. The fourth-order valence-corrected chi connectivity index (χ4v) is 3.18. The third kappa shape index (κ3) is 29.1. The van der Waals surface area contributed by atoms with Crippen LogP contribution in [0.15, 0.2) is 0 Å². The highest BCUT2D eigenvalue weighted by atomic mass is 16.4. The predicted octanol–water partition coefficient (Wildman–Crippen LogP) is 4.10. The number of nitrogens with zero attached hydrogens (tertiary/aromatic N) is 1. The fraction of sp³-hybridized carbons (Fsp3) is 0.917. The first-order chi connectivity index (χ1) is 14.1. The van der Waals surface area contributed by atoms with E-state index in [0.29, 0.717) is 0 Å². The molecule has 0 spiro atoms. The average molecular weight is 431 g/mol. The average Bonchev–Trinajstić information content (AvgIpc) is 2.65. The first-order valence-corrected chi connectivity index (χ1v) is 12.1. The second kappa shape index (κ2) is 21.1. The molecule has 0 amide bonds. The molecule has 0 aliphatic carbocycles. The van der Waals surface area contributed by atoms with Crippen LogP contribution in [0.25, 0.3) is 0 Å². The van der Waals surface area contributed by atoms with Crippen molar-refractivity contribution in [3.8, 4) is 0 Å². The second-order valence-electron chi connectivity index (χ2n) is 9.47. The Morgan fingerprint density at radius 1 is 0.800 bits per heavy atom. The van der Waals surface area contributed by atoms with E-state index < -0.39 is 18.0 Å². The van der Waals surface area contributed by atoms with Gasteiger partial charge in [0, 0.05) is 12.5 Å². The summed E-state index contributed by atoms with van der Waals surface area (Å²) in [5, 5.41) is 18.0. The number of carbonyl (C=O) groups is 2. The largest absolute Gasteiger partial charge is 0.548 e. The van der Waals surface area contributed by atoms with E-state index >= 15 is 0 Å². The molecule has 0 rings (SSSR count). The lowest BCUT2D eigenvalue weighted by atomic mass is 10.0. The molecule has 30 heavy (non-hydrogen) atoms. The van der Waals surface area contributed by atoms with Gasteiger partial charge in [-0.2, -0.15) is 0 Å². The van der Waals surface area contributed by atoms with Crippen molar-refractivity contribution in [3.63, 3.8) is 0 Å². The third-order valence-electron chi connectivity index (χ3n) is 5.15. The number of carboxylic acids is 2. The summed E-state index contributed by atoms with van der Waals surface area (Å²) in [6.07, 6.45) is 20.0. The first-order valence-electron chi connectivity index (χ1n) is 12.1. The number of rotatable bonds is 19. The van der Waals surface area contributed by atoms with E-state index in [1.807, 2.05) is 0 Å². The van der Waals surface area contributed by atoms with Crippen molar-refractivity contribution in [2.75, 3.05) is 27.7 Å². The zero-order valence-electron chi connectivity index (χ0n) is 20.3. The van der Waals surface area contributed by atoms with E-state index in [9.17, 15) is 14.7 Å². The molecule has 0 saturated carbocycles. The van der Waals surface area contributed by atoms with Crippen molar-refractivity contribution in [1.29, 1.82) is 0 Å². The molecule has 0 saturated heterocycles. The van der Waals surface area contributed by atoms with Crippen LogP contribution in [-0.2, 0) is 9.59 Å². The quantitative estimate of drug-likeness (QED) is 0.237. The summed E-state index contributed by atoms with van der Waals surface area (Å²) in [4.78, 5) is 19.7. The smallest absolute Gasteiger partial charge is 0.303 e. The van der Waals surface area contributed by atoms with Crippen LogP contribution >= 0.6 is 0 Å². The Hall–Kier alpha value is -1.14. The monoisotopic (exact) mass is 430 g/mol. The number of nitrogens with two attached hydrogens (primary N) is 1. The van der Waals surface area contributed by atoms with Crippen LogP contribution in [0.4, 0.5) is 0 Å². The molecule has 0 aromatic heterocycles. The summed E-state index contributed by atoms with van der Waals surface area (Å²) in [5.74, 6) is -2.47. The number of quaternary nitrogens is 1. The lowest BCUT2D eigenvalue weighted by molar-refractivity contribution is -0.870. The van der Waals surface area contributed by atoms with E-state index in [4.69, 9.17) is 10.8 Å². The maximum atomic E-state index is 9.88. The maximum Gasteiger partial charge on any atom is 0.303 e. The molecule has 0 aliphatic rings. The molecule has 6 nitrogen and oxygen atoms in total. The Kier molecular flexibility index (Phi) is 21.8. The van der Waals surface area contributed by atoms with Crippen molar-refractivity contribution in [2.45, 2.75) is 116 Å². The van der Waals surface area contributed by atoms with Gasteiger partial charge in [0.15, 0.2) is 0 Å².